The van der Waals surface area contributed by atoms with E-state index in [1.807, 2.05) is 0 Å². The zero-order chi connectivity index (χ0) is 15.0. The van der Waals surface area contributed by atoms with Crippen molar-refractivity contribution in [1.29, 1.82) is 0 Å². The van der Waals surface area contributed by atoms with Crippen LogP contribution >= 0.6 is 0 Å². The van der Waals surface area contributed by atoms with Crippen LogP contribution in [0.4, 0.5) is 0 Å². The fourth-order valence-corrected chi connectivity index (χ4v) is 3.07. The normalized spacial score (nSPS) is 27.2. The van der Waals surface area contributed by atoms with Gasteiger partial charge in [-0.2, -0.15) is 0 Å². The Labute approximate surface area is 129 Å². The van der Waals surface area contributed by atoms with Gasteiger partial charge in [0.2, 0.25) is 0 Å². The summed E-state index contributed by atoms with van der Waals surface area (Å²) in [6.45, 7) is 11.5. The average molecular weight is 296 g/mol. The maximum absolute atomic E-state index is 5.79. The molecular formula is C16H32N4O. The van der Waals surface area contributed by atoms with Crippen molar-refractivity contribution in [3.05, 3.63) is 0 Å². The van der Waals surface area contributed by atoms with Gasteiger partial charge in [-0.15, -0.1) is 0 Å². The minimum absolute atomic E-state index is 0.0576. The summed E-state index contributed by atoms with van der Waals surface area (Å²) in [7, 11) is 0. The van der Waals surface area contributed by atoms with Crippen molar-refractivity contribution in [2.75, 3.05) is 45.9 Å². The summed E-state index contributed by atoms with van der Waals surface area (Å²) in [6, 6.07) is 0. The molecule has 2 heterocycles. The largest absolute Gasteiger partial charge is 0.373 e. The minimum atomic E-state index is -0.0576. The van der Waals surface area contributed by atoms with Gasteiger partial charge in [-0.05, 0) is 65.6 Å². The Morgan fingerprint density at radius 1 is 1.24 bits per heavy atom. The molecule has 0 aliphatic carbocycles. The van der Waals surface area contributed by atoms with Crippen molar-refractivity contribution >= 4 is 5.96 Å². The number of aliphatic imine (C=N–C) groups is 1. The van der Waals surface area contributed by atoms with E-state index in [1.54, 1.807) is 0 Å². The highest BCUT2D eigenvalue weighted by molar-refractivity contribution is 5.79. The second kappa shape index (κ2) is 8.59. The van der Waals surface area contributed by atoms with Gasteiger partial charge in [-0.25, -0.2) is 0 Å². The van der Waals surface area contributed by atoms with Gasteiger partial charge >= 0.3 is 0 Å². The van der Waals surface area contributed by atoms with Crippen LogP contribution in [0.5, 0.6) is 0 Å². The van der Waals surface area contributed by atoms with E-state index in [9.17, 15) is 0 Å². The molecule has 0 radical (unpaired) electrons. The van der Waals surface area contributed by atoms with Crippen molar-refractivity contribution in [2.24, 2.45) is 4.99 Å². The topological polar surface area (TPSA) is 48.9 Å². The Bertz CT molecular complexity index is 320. The molecule has 2 saturated heterocycles. The molecule has 2 aliphatic heterocycles. The molecule has 0 bridgehead atoms. The second-order valence-corrected chi connectivity index (χ2v) is 6.43. The van der Waals surface area contributed by atoms with E-state index in [-0.39, 0.29) is 5.60 Å². The Morgan fingerprint density at radius 3 is 2.71 bits per heavy atom. The van der Waals surface area contributed by atoms with E-state index in [0.29, 0.717) is 0 Å². The zero-order valence-corrected chi connectivity index (χ0v) is 13.8. The van der Waals surface area contributed by atoms with Crippen LogP contribution in [-0.2, 0) is 4.74 Å². The van der Waals surface area contributed by atoms with E-state index in [4.69, 9.17) is 9.73 Å². The summed E-state index contributed by atoms with van der Waals surface area (Å²) >= 11 is 0. The summed E-state index contributed by atoms with van der Waals surface area (Å²) in [5.41, 5.74) is -0.0576. The Kier molecular flexibility index (Phi) is 6.77. The second-order valence-electron chi connectivity index (χ2n) is 6.43. The first-order valence-electron chi connectivity index (χ1n) is 8.60. The van der Waals surface area contributed by atoms with E-state index >= 15 is 0 Å². The number of rotatable bonds is 7. The van der Waals surface area contributed by atoms with Crippen LogP contribution in [0, 0.1) is 0 Å². The van der Waals surface area contributed by atoms with Crippen LogP contribution in [-0.4, -0.2) is 62.3 Å². The Morgan fingerprint density at radius 2 is 2.05 bits per heavy atom. The highest BCUT2D eigenvalue weighted by Gasteiger charge is 2.29. The lowest BCUT2D eigenvalue weighted by molar-refractivity contribution is 0.0283. The third-order valence-electron chi connectivity index (χ3n) is 4.36. The summed E-state index contributed by atoms with van der Waals surface area (Å²) in [5, 5.41) is 6.76. The van der Waals surface area contributed by atoms with E-state index in [2.05, 4.69) is 29.4 Å². The summed E-state index contributed by atoms with van der Waals surface area (Å²) in [4.78, 5) is 7.25. The molecule has 2 N–H and O–H groups in total. The molecule has 1 atom stereocenters. The number of guanidine groups is 1. The lowest BCUT2D eigenvalue weighted by Gasteiger charge is -2.21. The average Bonchev–Trinajstić information content (AvgIpc) is 3.13. The monoisotopic (exact) mass is 296 g/mol. The van der Waals surface area contributed by atoms with Crippen LogP contribution in [0.25, 0.3) is 0 Å². The molecular weight excluding hydrogens is 264 g/mol. The van der Waals surface area contributed by atoms with Crippen molar-refractivity contribution in [2.45, 2.75) is 51.6 Å². The standard InChI is InChI=1S/C16H32N4O/c1-3-17-15(19-14-16(2)8-6-13-21-16)18-9-7-12-20-10-4-5-11-20/h3-14H2,1-2H3,(H2,17,18,19). The lowest BCUT2D eigenvalue weighted by Crippen LogP contribution is -2.40. The minimum Gasteiger partial charge on any atom is -0.373 e. The van der Waals surface area contributed by atoms with Gasteiger partial charge in [0, 0.05) is 19.7 Å². The summed E-state index contributed by atoms with van der Waals surface area (Å²) in [5.74, 6) is 0.927. The fraction of sp³-hybridized carbons (Fsp3) is 0.938. The molecule has 0 aromatic carbocycles. The third kappa shape index (κ3) is 5.83. The van der Waals surface area contributed by atoms with Crippen LogP contribution in [0.1, 0.15) is 46.0 Å². The quantitative estimate of drug-likeness (QED) is 0.426. The van der Waals surface area contributed by atoms with Gasteiger partial charge in [0.15, 0.2) is 5.96 Å². The maximum atomic E-state index is 5.79. The molecule has 0 aromatic heterocycles. The predicted molar refractivity (Wildman–Crippen MR) is 87.9 cm³/mol. The molecule has 122 valence electrons. The van der Waals surface area contributed by atoms with Gasteiger partial charge in [0.25, 0.3) is 0 Å². The molecule has 0 amide bonds. The van der Waals surface area contributed by atoms with Crippen LogP contribution in [0.2, 0.25) is 0 Å². The van der Waals surface area contributed by atoms with Gasteiger partial charge in [-0.3, -0.25) is 4.99 Å². The molecule has 2 rings (SSSR count). The lowest BCUT2D eigenvalue weighted by atomic mass is 10.0. The zero-order valence-electron chi connectivity index (χ0n) is 13.8. The van der Waals surface area contributed by atoms with Crippen LogP contribution < -0.4 is 10.6 Å². The molecule has 5 heteroatoms. The molecule has 21 heavy (non-hydrogen) atoms. The van der Waals surface area contributed by atoms with Gasteiger partial charge < -0.3 is 20.3 Å². The SMILES string of the molecule is CCNC(=NCC1(C)CCCO1)NCCCN1CCCC1. The molecule has 1 unspecified atom stereocenters. The third-order valence-corrected chi connectivity index (χ3v) is 4.36. The smallest absolute Gasteiger partial charge is 0.191 e. The Balaban J connectivity index is 1.67. The van der Waals surface area contributed by atoms with E-state index in [0.717, 1.165) is 45.0 Å². The molecule has 2 aliphatic rings. The fourth-order valence-electron chi connectivity index (χ4n) is 3.07. The number of hydrogen-bond donors (Lipinski definition) is 2. The first kappa shape index (κ1) is 16.6. The highest BCUT2D eigenvalue weighted by Crippen LogP contribution is 2.24. The first-order chi connectivity index (χ1) is 10.2. The van der Waals surface area contributed by atoms with Crippen molar-refractivity contribution in [3.63, 3.8) is 0 Å². The van der Waals surface area contributed by atoms with Gasteiger partial charge in [0.05, 0.1) is 12.1 Å². The van der Waals surface area contributed by atoms with E-state index < -0.39 is 0 Å². The number of nitrogens with one attached hydrogen (secondary N) is 2. The number of likely N-dealkylation sites (tertiary alicyclic amines) is 1. The number of ether oxygens (including phenoxy) is 1. The van der Waals surface area contributed by atoms with E-state index in [1.165, 1.54) is 38.9 Å². The van der Waals surface area contributed by atoms with Gasteiger partial charge in [-0.1, -0.05) is 0 Å². The molecule has 0 aromatic rings. The first-order valence-corrected chi connectivity index (χ1v) is 8.60. The number of nitrogens with zero attached hydrogens (tertiary/aromatic N) is 2. The van der Waals surface area contributed by atoms with Crippen LogP contribution in [0.3, 0.4) is 0 Å². The molecule has 0 spiro atoms. The summed E-state index contributed by atoms with van der Waals surface area (Å²) in [6.07, 6.45) is 6.20. The van der Waals surface area contributed by atoms with Crippen LogP contribution in [0.15, 0.2) is 4.99 Å². The van der Waals surface area contributed by atoms with Crippen molar-refractivity contribution < 1.29 is 4.74 Å². The predicted octanol–water partition coefficient (Wildman–Crippen LogP) is 1.60. The molecule has 2 fully saturated rings. The molecule has 0 saturated carbocycles. The van der Waals surface area contributed by atoms with Crippen molar-refractivity contribution in [1.82, 2.24) is 15.5 Å². The maximum Gasteiger partial charge on any atom is 0.191 e. The summed E-state index contributed by atoms with van der Waals surface area (Å²) < 4.78 is 5.79. The highest BCUT2D eigenvalue weighted by atomic mass is 16.5. The number of hydrogen-bond acceptors (Lipinski definition) is 3. The van der Waals surface area contributed by atoms with Crippen molar-refractivity contribution in [3.8, 4) is 0 Å². The Hall–Kier alpha value is -0.810. The van der Waals surface area contributed by atoms with Gasteiger partial charge in [0.1, 0.15) is 0 Å². The molecule has 5 nitrogen and oxygen atoms in total.